The normalized spacial score (nSPS) is 11.8. The average Bonchev–Trinajstić information content (AvgIpc) is 2.38. The van der Waals surface area contributed by atoms with Crippen molar-refractivity contribution in [1.29, 1.82) is 0 Å². The van der Waals surface area contributed by atoms with E-state index in [0.717, 1.165) is 10.0 Å². The van der Waals surface area contributed by atoms with E-state index < -0.39 is 9.84 Å². The zero-order valence-corrected chi connectivity index (χ0v) is 14.4. The third kappa shape index (κ3) is 3.86. The van der Waals surface area contributed by atoms with Crippen molar-refractivity contribution in [2.75, 3.05) is 5.73 Å². The summed E-state index contributed by atoms with van der Waals surface area (Å²) < 4.78 is 25.7. The molecule has 0 aromatic heterocycles. The Kier molecular flexibility index (Phi) is 4.74. The average molecular weight is 368 g/mol. The molecule has 2 aromatic rings. The first kappa shape index (κ1) is 16.0. The van der Waals surface area contributed by atoms with E-state index in [4.69, 9.17) is 5.73 Å². The van der Waals surface area contributed by atoms with Crippen molar-refractivity contribution in [3.8, 4) is 0 Å². The van der Waals surface area contributed by atoms with E-state index in [1.54, 1.807) is 12.1 Å². The van der Waals surface area contributed by atoms with Crippen molar-refractivity contribution in [3.05, 3.63) is 58.1 Å². The summed E-state index contributed by atoms with van der Waals surface area (Å²) in [7, 11) is -3.44. The van der Waals surface area contributed by atoms with Gasteiger partial charge in [0.25, 0.3) is 0 Å². The van der Waals surface area contributed by atoms with Crippen LogP contribution in [0.5, 0.6) is 0 Å². The summed E-state index contributed by atoms with van der Waals surface area (Å²) in [6.07, 6.45) is 0. The quantitative estimate of drug-likeness (QED) is 0.826. The number of hydrogen-bond acceptors (Lipinski definition) is 3. The number of halogens is 1. The predicted molar refractivity (Wildman–Crippen MR) is 90.0 cm³/mol. The molecule has 0 aliphatic carbocycles. The van der Waals surface area contributed by atoms with Crippen LogP contribution in [0, 0.1) is 0 Å². The second-order valence-corrected chi connectivity index (χ2v) is 8.21. The highest BCUT2D eigenvalue weighted by atomic mass is 79.9. The number of sulfone groups is 1. The van der Waals surface area contributed by atoms with Gasteiger partial charge in [-0.15, -0.1) is 0 Å². The highest BCUT2D eigenvalue weighted by Crippen LogP contribution is 2.26. The lowest BCUT2D eigenvalue weighted by Crippen LogP contribution is -2.08. The summed E-state index contributed by atoms with van der Waals surface area (Å²) in [5.41, 5.74) is 8.04. The molecule has 0 saturated heterocycles. The topological polar surface area (TPSA) is 60.2 Å². The summed E-state index contributed by atoms with van der Waals surface area (Å²) in [5, 5.41) is 0. The van der Waals surface area contributed by atoms with Crippen LogP contribution in [-0.2, 0) is 15.6 Å². The van der Waals surface area contributed by atoms with Gasteiger partial charge in [-0.05, 0) is 35.2 Å². The van der Waals surface area contributed by atoms with Gasteiger partial charge in [-0.2, -0.15) is 0 Å². The summed E-state index contributed by atoms with van der Waals surface area (Å²) in [5.74, 6) is 0.384. The Morgan fingerprint density at radius 3 is 2.24 bits per heavy atom. The fraction of sp³-hybridized carbons (Fsp3) is 0.250. The van der Waals surface area contributed by atoms with Crippen LogP contribution in [0.2, 0.25) is 0 Å². The Bertz CT molecular complexity index is 737. The molecule has 0 bridgehead atoms. The molecule has 0 saturated carbocycles. The van der Waals surface area contributed by atoms with Gasteiger partial charge in [0.15, 0.2) is 9.84 Å². The van der Waals surface area contributed by atoms with Crippen molar-refractivity contribution in [1.82, 2.24) is 0 Å². The van der Waals surface area contributed by atoms with E-state index in [1.807, 2.05) is 24.3 Å². The van der Waals surface area contributed by atoms with Crippen LogP contribution in [0.3, 0.4) is 0 Å². The molecular weight excluding hydrogens is 350 g/mol. The van der Waals surface area contributed by atoms with Crippen LogP contribution in [0.4, 0.5) is 5.69 Å². The van der Waals surface area contributed by atoms with Gasteiger partial charge in [0.05, 0.1) is 16.3 Å². The first-order valence-corrected chi connectivity index (χ1v) is 9.11. The second kappa shape index (κ2) is 6.20. The maximum absolute atomic E-state index is 12.5. The van der Waals surface area contributed by atoms with Gasteiger partial charge in [-0.1, -0.05) is 54.0 Å². The molecule has 0 unspecified atom stereocenters. The lowest BCUT2D eigenvalue weighted by molar-refractivity contribution is 0.595. The number of nitrogens with two attached hydrogens (primary N) is 1. The van der Waals surface area contributed by atoms with E-state index in [-0.39, 0.29) is 16.3 Å². The van der Waals surface area contributed by atoms with Crippen molar-refractivity contribution < 1.29 is 8.42 Å². The van der Waals surface area contributed by atoms with Crippen LogP contribution in [-0.4, -0.2) is 8.42 Å². The smallest absolute Gasteiger partial charge is 0.184 e. The highest BCUT2D eigenvalue weighted by molar-refractivity contribution is 9.10. The maximum atomic E-state index is 12.5. The van der Waals surface area contributed by atoms with E-state index in [9.17, 15) is 8.42 Å². The van der Waals surface area contributed by atoms with Crippen molar-refractivity contribution in [2.45, 2.75) is 30.4 Å². The molecule has 0 fully saturated rings. The molecule has 2 rings (SSSR count). The fourth-order valence-corrected chi connectivity index (χ4v) is 3.96. The molecule has 2 N–H and O–H groups in total. The third-order valence-corrected chi connectivity index (χ3v) is 5.56. The Morgan fingerprint density at radius 1 is 1.10 bits per heavy atom. The number of benzene rings is 2. The molecule has 0 heterocycles. The van der Waals surface area contributed by atoms with Crippen molar-refractivity contribution >= 4 is 31.5 Å². The van der Waals surface area contributed by atoms with E-state index in [1.165, 1.54) is 11.6 Å². The first-order chi connectivity index (χ1) is 9.79. The lowest BCUT2D eigenvalue weighted by atomic mass is 10.0. The molecule has 2 aromatic carbocycles. The van der Waals surface area contributed by atoms with Crippen LogP contribution in [0.25, 0.3) is 0 Å². The number of anilines is 1. The number of hydrogen-bond donors (Lipinski definition) is 1. The Balaban J connectivity index is 2.28. The van der Waals surface area contributed by atoms with Crippen LogP contribution in [0.1, 0.15) is 30.9 Å². The fourth-order valence-electron chi connectivity index (χ4n) is 2.10. The molecule has 0 spiro atoms. The maximum Gasteiger partial charge on any atom is 0.184 e. The van der Waals surface area contributed by atoms with Crippen LogP contribution >= 0.6 is 15.9 Å². The van der Waals surface area contributed by atoms with Crippen LogP contribution < -0.4 is 5.73 Å². The minimum absolute atomic E-state index is 0.0444. The van der Waals surface area contributed by atoms with Crippen LogP contribution in [0.15, 0.2) is 51.8 Å². The van der Waals surface area contributed by atoms with Gasteiger partial charge >= 0.3 is 0 Å². The van der Waals surface area contributed by atoms with Gasteiger partial charge < -0.3 is 5.73 Å². The molecule has 5 heteroatoms. The first-order valence-electron chi connectivity index (χ1n) is 6.66. The molecule has 21 heavy (non-hydrogen) atoms. The van der Waals surface area contributed by atoms with Gasteiger partial charge in [-0.25, -0.2) is 8.42 Å². The van der Waals surface area contributed by atoms with Gasteiger partial charge in [0.2, 0.25) is 0 Å². The van der Waals surface area contributed by atoms with E-state index >= 15 is 0 Å². The summed E-state index contributed by atoms with van der Waals surface area (Å²) in [4.78, 5) is 0.179. The van der Waals surface area contributed by atoms with Crippen molar-refractivity contribution in [2.24, 2.45) is 0 Å². The Hall–Kier alpha value is -1.33. The van der Waals surface area contributed by atoms with E-state index in [2.05, 4.69) is 29.8 Å². The summed E-state index contributed by atoms with van der Waals surface area (Å²) >= 11 is 3.28. The SMILES string of the molecule is CC(C)c1ccc(CS(=O)(=O)c2ccc(Br)cc2N)cc1. The van der Waals surface area contributed by atoms with Gasteiger partial charge in [0, 0.05) is 4.47 Å². The predicted octanol–water partition coefficient (Wildman–Crippen LogP) is 4.13. The minimum Gasteiger partial charge on any atom is -0.398 e. The molecule has 3 nitrogen and oxygen atoms in total. The zero-order chi connectivity index (χ0) is 15.6. The molecule has 0 aliphatic rings. The number of nitrogen functional groups attached to an aromatic ring is 1. The van der Waals surface area contributed by atoms with Gasteiger partial charge in [0.1, 0.15) is 0 Å². The Labute approximate surface area is 134 Å². The number of rotatable bonds is 4. The zero-order valence-electron chi connectivity index (χ0n) is 12.0. The molecule has 0 amide bonds. The molecular formula is C16H18BrNO2S. The Morgan fingerprint density at radius 2 is 1.71 bits per heavy atom. The van der Waals surface area contributed by atoms with E-state index in [0.29, 0.717) is 5.92 Å². The molecule has 112 valence electrons. The summed E-state index contributed by atoms with van der Waals surface area (Å²) in [6, 6.07) is 12.5. The van der Waals surface area contributed by atoms with Gasteiger partial charge in [-0.3, -0.25) is 0 Å². The van der Waals surface area contributed by atoms with Crippen molar-refractivity contribution in [3.63, 3.8) is 0 Å². The molecule has 0 aliphatic heterocycles. The second-order valence-electron chi connectivity index (χ2n) is 5.34. The lowest BCUT2D eigenvalue weighted by Gasteiger charge is -2.10. The standard InChI is InChI=1S/C16H18BrNO2S/c1-11(2)13-5-3-12(4-6-13)10-21(19,20)16-8-7-14(17)9-15(16)18/h3-9,11H,10,18H2,1-2H3. The molecule has 0 radical (unpaired) electrons. The monoisotopic (exact) mass is 367 g/mol. The molecule has 0 atom stereocenters. The largest absolute Gasteiger partial charge is 0.398 e. The minimum atomic E-state index is -3.44. The highest BCUT2D eigenvalue weighted by Gasteiger charge is 2.18. The third-order valence-electron chi connectivity index (χ3n) is 3.31. The summed E-state index contributed by atoms with van der Waals surface area (Å²) in [6.45, 7) is 4.21.